The van der Waals surface area contributed by atoms with Gasteiger partial charge in [-0.3, -0.25) is 9.69 Å². The van der Waals surface area contributed by atoms with Crippen molar-refractivity contribution in [1.82, 2.24) is 4.90 Å². The van der Waals surface area contributed by atoms with Crippen LogP contribution in [0.3, 0.4) is 0 Å². The normalized spacial score (nSPS) is 19.9. The number of carboxylic acid groups (broad SMARTS) is 1. The van der Waals surface area contributed by atoms with Crippen molar-refractivity contribution in [3.05, 3.63) is 0 Å². The number of carboxylic acids is 1. The zero-order chi connectivity index (χ0) is 12.0. The summed E-state index contributed by atoms with van der Waals surface area (Å²) in [5.74, 6) is 0.0533. The van der Waals surface area contributed by atoms with Crippen molar-refractivity contribution in [2.24, 2.45) is 5.92 Å². The highest BCUT2D eigenvalue weighted by atomic mass is 16.4. The Morgan fingerprint density at radius 3 is 2.50 bits per heavy atom. The molecule has 0 aromatic carbocycles. The molecule has 1 aliphatic carbocycles. The monoisotopic (exact) mass is 227 g/mol. The fraction of sp³-hybridized carbons (Fsp3) is 0.923. The maximum absolute atomic E-state index is 11.1. The lowest BCUT2D eigenvalue weighted by molar-refractivity contribution is -0.143. The van der Waals surface area contributed by atoms with Crippen molar-refractivity contribution < 1.29 is 9.90 Å². The van der Waals surface area contributed by atoms with E-state index in [1.807, 2.05) is 18.9 Å². The maximum Gasteiger partial charge on any atom is 0.320 e. The second-order valence-electron chi connectivity index (χ2n) is 5.09. The van der Waals surface area contributed by atoms with E-state index in [2.05, 4.69) is 0 Å². The summed E-state index contributed by atoms with van der Waals surface area (Å²) >= 11 is 0. The Balaban J connectivity index is 2.40. The molecule has 1 fully saturated rings. The number of rotatable bonds is 6. The van der Waals surface area contributed by atoms with Gasteiger partial charge in [-0.1, -0.05) is 32.6 Å². The fourth-order valence-corrected chi connectivity index (χ4v) is 2.71. The van der Waals surface area contributed by atoms with Crippen LogP contribution in [0.15, 0.2) is 0 Å². The van der Waals surface area contributed by atoms with E-state index < -0.39 is 5.97 Å². The number of likely N-dealkylation sites (N-methyl/N-ethyl adjacent to an activating group) is 1. The molecule has 1 unspecified atom stereocenters. The van der Waals surface area contributed by atoms with Crippen LogP contribution in [0, 0.1) is 5.92 Å². The van der Waals surface area contributed by atoms with E-state index >= 15 is 0 Å². The third-order valence-electron chi connectivity index (χ3n) is 3.65. The molecule has 0 saturated heterocycles. The Hall–Kier alpha value is -0.570. The Morgan fingerprint density at radius 2 is 2.00 bits per heavy atom. The van der Waals surface area contributed by atoms with Crippen LogP contribution in [0.5, 0.6) is 0 Å². The standard InChI is InChI=1S/C13H25NO2/c1-3-7-12(13(15)16)14(2)10-11-8-5-4-6-9-11/h11-12H,3-10H2,1-2H3,(H,15,16). The van der Waals surface area contributed by atoms with Crippen molar-refractivity contribution in [2.45, 2.75) is 57.9 Å². The summed E-state index contributed by atoms with van der Waals surface area (Å²) in [5.41, 5.74) is 0. The summed E-state index contributed by atoms with van der Waals surface area (Å²) in [6, 6.07) is -0.285. The number of hydrogen-bond acceptors (Lipinski definition) is 2. The second-order valence-corrected chi connectivity index (χ2v) is 5.09. The predicted molar refractivity (Wildman–Crippen MR) is 65.5 cm³/mol. The number of hydrogen-bond donors (Lipinski definition) is 1. The van der Waals surface area contributed by atoms with Gasteiger partial charge in [0, 0.05) is 6.54 Å². The largest absolute Gasteiger partial charge is 0.480 e. The molecule has 0 spiro atoms. The predicted octanol–water partition coefficient (Wildman–Crippen LogP) is 2.75. The van der Waals surface area contributed by atoms with Gasteiger partial charge in [-0.15, -0.1) is 0 Å². The minimum atomic E-state index is -0.667. The minimum Gasteiger partial charge on any atom is -0.480 e. The van der Waals surface area contributed by atoms with Crippen molar-refractivity contribution >= 4 is 5.97 Å². The first-order valence-corrected chi connectivity index (χ1v) is 6.58. The van der Waals surface area contributed by atoms with Gasteiger partial charge in [0.25, 0.3) is 0 Å². The molecule has 0 aromatic heterocycles. The van der Waals surface area contributed by atoms with Gasteiger partial charge in [0.1, 0.15) is 6.04 Å². The molecule has 1 N–H and O–H groups in total. The molecule has 0 radical (unpaired) electrons. The minimum absolute atomic E-state index is 0.285. The molecule has 94 valence electrons. The van der Waals surface area contributed by atoms with Gasteiger partial charge in [-0.05, 0) is 32.2 Å². The highest BCUT2D eigenvalue weighted by Crippen LogP contribution is 2.25. The molecule has 3 nitrogen and oxygen atoms in total. The lowest BCUT2D eigenvalue weighted by Gasteiger charge is -2.30. The molecule has 16 heavy (non-hydrogen) atoms. The van der Waals surface area contributed by atoms with Crippen LogP contribution in [0.1, 0.15) is 51.9 Å². The molecular formula is C13H25NO2. The van der Waals surface area contributed by atoms with Crippen molar-refractivity contribution in [2.75, 3.05) is 13.6 Å². The third-order valence-corrected chi connectivity index (χ3v) is 3.65. The average Bonchev–Trinajstić information content (AvgIpc) is 2.26. The van der Waals surface area contributed by atoms with E-state index in [0.29, 0.717) is 0 Å². The number of carbonyl (C=O) groups is 1. The summed E-state index contributed by atoms with van der Waals surface area (Å²) in [5, 5.41) is 9.16. The van der Waals surface area contributed by atoms with Gasteiger partial charge in [0.05, 0.1) is 0 Å². The summed E-state index contributed by atoms with van der Waals surface area (Å²) in [7, 11) is 1.96. The highest BCUT2D eigenvalue weighted by Gasteiger charge is 2.24. The van der Waals surface area contributed by atoms with E-state index in [0.717, 1.165) is 25.3 Å². The molecule has 1 rings (SSSR count). The van der Waals surface area contributed by atoms with Gasteiger partial charge < -0.3 is 5.11 Å². The lowest BCUT2D eigenvalue weighted by Crippen LogP contribution is -2.41. The molecule has 1 aliphatic rings. The van der Waals surface area contributed by atoms with Crippen LogP contribution in [0.25, 0.3) is 0 Å². The Morgan fingerprint density at radius 1 is 1.38 bits per heavy atom. The van der Waals surface area contributed by atoms with Crippen LogP contribution in [0.2, 0.25) is 0 Å². The molecule has 1 saturated carbocycles. The third kappa shape index (κ3) is 4.12. The molecular weight excluding hydrogens is 202 g/mol. The quantitative estimate of drug-likeness (QED) is 0.758. The molecule has 3 heteroatoms. The number of aliphatic carboxylic acids is 1. The van der Waals surface area contributed by atoms with Crippen molar-refractivity contribution in [3.8, 4) is 0 Å². The van der Waals surface area contributed by atoms with E-state index in [4.69, 9.17) is 5.11 Å². The molecule has 0 aliphatic heterocycles. The van der Waals surface area contributed by atoms with Crippen LogP contribution in [0.4, 0.5) is 0 Å². The maximum atomic E-state index is 11.1. The smallest absolute Gasteiger partial charge is 0.320 e. The average molecular weight is 227 g/mol. The lowest BCUT2D eigenvalue weighted by atomic mass is 9.88. The Bertz CT molecular complexity index is 212. The molecule has 0 aromatic rings. The zero-order valence-corrected chi connectivity index (χ0v) is 10.6. The van der Waals surface area contributed by atoms with Crippen LogP contribution in [-0.2, 0) is 4.79 Å². The Labute approximate surface area is 98.8 Å². The first kappa shape index (κ1) is 13.5. The van der Waals surface area contributed by atoms with Gasteiger partial charge in [-0.2, -0.15) is 0 Å². The summed E-state index contributed by atoms with van der Waals surface area (Å²) < 4.78 is 0. The van der Waals surface area contributed by atoms with Crippen LogP contribution < -0.4 is 0 Å². The topological polar surface area (TPSA) is 40.5 Å². The zero-order valence-electron chi connectivity index (χ0n) is 10.6. The number of nitrogens with zero attached hydrogens (tertiary/aromatic N) is 1. The van der Waals surface area contributed by atoms with Crippen molar-refractivity contribution in [3.63, 3.8) is 0 Å². The van der Waals surface area contributed by atoms with Crippen LogP contribution in [-0.4, -0.2) is 35.6 Å². The first-order chi connectivity index (χ1) is 7.65. The highest BCUT2D eigenvalue weighted by molar-refractivity contribution is 5.73. The molecule has 0 heterocycles. The van der Waals surface area contributed by atoms with E-state index in [1.165, 1.54) is 32.1 Å². The van der Waals surface area contributed by atoms with Crippen molar-refractivity contribution in [1.29, 1.82) is 0 Å². The van der Waals surface area contributed by atoms with Gasteiger partial charge in [0.2, 0.25) is 0 Å². The first-order valence-electron chi connectivity index (χ1n) is 6.58. The van der Waals surface area contributed by atoms with Gasteiger partial charge in [-0.25, -0.2) is 0 Å². The Kier molecular flexibility index (Phi) is 5.81. The summed E-state index contributed by atoms with van der Waals surface area (Å²) in [6.45, 7) is 3.00. The fourth-order valence-electron chi connectivity index (χ4n) is 2.71. The molecule has 0 amide bonds. The van der Waals surface area contributed by atoms with E-state index in [9.17, 15) is 4.79 Å². The molecule has 1 atom stereocenters. The van der Waals surface area contributed by atoms with Gasteiger partial charge >= 0.3 is 5.97 Å². The van der Waals surface area contributed by atoms with Crippen LogP contribution >= 0.6 is 0 Å². The SMILES string of the molecule is CCCC(C(=O)O)N(C)CC1CCCCC1. The second kappa shape index (κ2) is 6.89. The van der Waals surface area contributed by atoms with Gasteiger partial charge in [0.15, 0.2) is 0 Å². The molecule has 0 bridgehead atoms. The van der Waals surface area contributed by atoms with E-state index in [-0.39, 0.29) is 6.04 Å². The summed E-state index contributed by atoms with van der Waals surface area (Å²) in [6.07, 6.45) is 8.27. The summed E-state index contributed by atoms with van der Waals surface area (Å²) in [4.78, 5) is 13.2. The van der Waals surface area contributed by atoms with E-state index in [1.54, 1.807) is 0 Å².